The minimum absolute atomic E-state index is 0.0751. The first-order valence-electron chi connectivity index (χ1n) is 9.68. The molecule has 1 aromatic heterocycles. The van der Waals surface area contributed by atoms with Crippen molar-refractivity contribution in [1.82, 2.24) is 14.9 Å². The van der Waals surface area contributed by atoms with Gasteiger partial charge in [-0.15, -0.1) is 0 Å². The Labute approximate surface area is 193 Å². The second-order valence-corrected chi connectivity index (χ2v) is 8.14. The molecule has 0 aliphatic carbocycles. The summed E-state index contributed by atoms with van der Waals surface area (Å²) in [6.07, 6.45) is 0. The van der Waals surface area contributed by atoms with Crippen LogP contribution in [0.25, 0.3) is 10.9 Å². The van der Waals surface area contributed by atoms with Crippen LogP contribution in [0.3, 0.4) is 0 Å². The lowest BCUT2D eigenvalue weighted by molar-refractivity contribution is -0.118. The van der Waals surface area contributed by atoms with Gasteiger partial charge in [-0.1, -0.05) is 35.5 Å². The Morgan fingerprint density at radius 3 is 2.59 bits per heavy atom. The normalized spacial score (nSPS) is 10.8. The van der Waals surface area contributed by atoms with Gasteiger partial charge in [-0.3, -0.25) is 14.2 Å². The third-order valence-corrected chi connectivity index (χ3v) is 5.81. The highest BCUT2D eigenvalue weighted by atomic mass is 35.5. The number of amides is 1. The molecule has 0 aliphatic rings. The van der Waals surface area contributed by atoms with E-state index in [2.05, 4.69) is 15.0 Å². The van der Waals surface area contributed by atoms with E-state index < -0.39 is 5.97 Å². The zero-order chi connectivity index (χ0) is 23.1. The van der Waals surface area contributed by atoms with Gasteiger partial charge in [0.25, 0.3) is 5.56 Å². The molecule has 32 heavy (non-hydrogen) atoms. The summed E-state index contributed by atoms with van der Waals surface area (Å²) in [5.41, 5.74) is 1.54. The van der Waals surface area contributed by atoms with E-state index in [1.807, 2.05) is 0 Å². The van der Waals surface area contributed by atoms with Crippen molar-refractivity contribution in [2.24, 2.45) is 0 Å². The predicted octanol–water partition coefficient (Wildman–Crippen LogP) is 2.89. The average Bonchev–Trinajstić information content (AvgIpc) is 2.80. The molecule has 3 rings (SSSR count). The van der Waals surface area contributed by atoms with Crippen LogP contribution in [0.4, 0.5) is 0 Å². The van der Waals surface area contributed by atoms with Crippen LogP contribution in [-0.2, 0) is 27.4 Å². The Kier molecular flexibility index (Phi) is 8.26. The Balaban J connectivity index is 1.68. The largest absolute Gasteiger partial charge is 0.465 e. The second-order valence-electron chi connectivity index (χ2n) is 6.76. The first-order valence-corrected chi connectivity index (χ1v) is 11.0. The van der Waals surface area contributed by atoms with Crippen molar-refractivity contribution < 1.29 is 19.1 Å². The number of carbonyl (C=O) groups excluding carboxylic acids is 2. The molecule has 168 valence electrons. The maximum absolute atomic E-state index is 12.9. The van der Waals surface area contributed by atoms with Crippen LogP contribution >= 0.6 is 23.4 Å². The van der Waals surface area contributed by atoms with Crippen molar-refractivity contribution in [3.63, 3.8) is 0 Å². The third-order valence-electron chi connectivity index (χ3n) is 4.60. The lowest BCUT2D eigenvalue weighted by atomic mass is 10.1. The molecule has 0 radical (unpaired) electrons. The summed E-state index contributed by atoms with van der Waals surface area (Å²) in [4.78, 5) is 41.3. The van der Waals surface area contributed by atoms with Crippen LogP contribution in [0.1, 0.15) is 15.9 Å². The van der Waals surface area contributed by atoms with Crippen molar-refractivity contribution in [3.05, 3.63) is 69.0 Å². The number of esters is 1. The standard InChI is InChI=1S/C22H22ClN3O5S/c1-30-10-9-26-20(28)17-8-7-16(23)11-18(17)25-22(26)32-13-19(27)24-12-14-3-5-15(6-4-14)21(29)31-2/h3-8,11H,9-10,12-13H2,1-2H3,(H,24,27). The molecular weight excluding hydrogens is 454 g/mol. The molecule has 2 aromatic carbocycles. The highest BCUT2D eigenvalue weighted by Gasteiger charge is 2.14. The fourth-order valence-electron chi connectivity index (χ4n) is 2.92. The van der Waals surface area contributed by atoms with E-state index in [-0.39, 0.29) is 17.2 Å². The molecule has 1 heterocycles. The fourth-order valence-corrected chi connectivity index (χ4v) is 3.94. The maximum atomic E-state index is 12.9. The number of hydrogen-bond donors (Lipinski definition) is 1. The summed E-state index contributed by atoms with van der Waals surface area (Å²) in [7, 11) is 2.87. The molecule has 0 unspecified atom stereocenters. The first-order chi connectivity index (χ1) is 15.4. The molecule has 0 fully saturated rings. The van der Waals surface area contributed by atoms with Crippen molar-refractivity contribution in [1.29, 1.82) is 0 Å². The summed E-state index contributed by atoms with van der Waals surface area (Å²) in [5.74, 6) is -0.558. The molecular formula is C22H22ClN3O5S. The molecule has 0 spiro atoms. The molecule has 0 bridgehead atoms. The van der Waals surface area contributed by atoms with Crippen molar-refractivity contribution >= 4 is 46.1 Å². The molecule has 8 nitrogen and oxygen atoms in total. The van der Waals surface area contributed by atoms with Gasteiger partial charge in [-0.25, -0.2) is 9.78 Å². The topological polar surface area (TPSA) is 99.5 Å². The van der Waals surface area contributed by atoms with E-state index in [1.54, 1.807) is 49.6 Å². The van der Waals surface area contributed by atoms with Crippen LogP contribution < -0.4 is 10.9 Å². The molecule has 0 saturated heterocycles. The number of halogens is 1. The average molecular weight is 476 g/mol. The van der Waals surface area contributed by atoms with Crippen molar-refractivity contribution in [2.75, 3.05) is 26.6 Å². The van der Waals surface area contributed by atoms with Gasteiger partial charge < -0.3 is 14.8 Å². The fraction of sp³-hybridized carbons (Fsp3) is 0.273. The number of rotatable bonds is 9. The maximum Gasteiger partial charge on any atom is 0.337 e. The number of hydrogen-bond acceptors (Lipinski definition) is 7. The number of methoxy groups -OCH3 is 2. The summed E-state index contributed by atoms with van der Waals surface area (Å²) in [6, 6.07) is 11.7. The SMILES string of the molecule is COCCn1c(SCC(=O)NCc2ccc(C(=O)OC)cc2)nc2cc(Cl)ccc2c1=O. The van der Waals surface area contributed by atoms with Gasteiger partial charge in [0.15, 0.2) is 5.16 Å². The molecule has 3 aromatic rings. The second kappa shape index (κ2) is 11.1. The van der Waals surface area contributed by atoms with Crippen LogP contribution in [-0.4, -0.2) is 48.0 Å². The Bertz CT molecular complexity index is 1180. The van der Waals surface area contributed by atoms with Gasteiger partial charge in [-0.2, -0.15) is 0 Å². The number of carbonyl (C=O) groups is 2. The Hall–Kier alpha value is -2.88. The molecule has 0 saturated carbocycles. The minimum Gasteiger partial charge on any atom is -0.465 e. The smallest absolute Gasteiger partial charge is 0.337 e. The highest BCUT2D eigenvalue weighted by molar-refractivity contribution is 7.99. The van der Waals surface area contributed by atoms with Crippen molar-refractivity contribution in [2.45, 2.75) is 18.2 Å². The molecule has 0 atom stereocenters. The summed E-state index contributed by atoms with van der Waals surface area (Å²) < 4.78 is 11.3. The summed E-state index contributed by atoms with van der Waals surface area (Å²) in [6.45, 7) is 0.956. The summed E-state index contributed by atoms with van der Waals surface area (Å²) >= 11 is 7.21. The number of ether oxygens (including phenoxy) is 2. The van der Waals surface area contributed by atoms with Gasteiger partial charge in [0.2, 0.25) is 5.91 Å². The third kappa shape index (κ3) is 5.87. The zero-order valence-electron chi connectivity index (χ0n) is 17.6. The van der Waals surface area contributed by atoms with Crippen LogP contribution in [0, 0.1) is 0 Å². The zero-order valence-corrected chi connectivity index (χ0v) is 19.2. The molecule has 10 heteroatoms. The summed E-state index contributed by atoms with van der Waals surface area (Å²) in [5, 5.41) is 4.17. The number of benzene rings is 2. The van der Waals surface area contributed by atoms with Gasteiger partial charge in [0, 0.05) is 18.7 Å². The molecule has 1 N–H and O–H groups in total. The van der Waals surface area contributed by atoms with E-state index in [9.17, 15) is 14.4 Å². The van der Waals surface area contributed by atoms with E-state index in [4.69, 9.17) is 16.3 Å². The lowest BCUT2D eigenvalue weighted by Gasteiger charge is -2.13. The quantitative estimate of drug-likeness (QED) is 0.288. The van der Waals surface area contributed by atoms with Gasteiger partial charge in [-0.05, 0) is 35.9 Å². The van der Waals surface area contributed by atoms with E-state index >= 15 is 0 Å². The van der Waals surface area contributed by atoms with Crippen molar-refractivity contribution in [3.8, 4) is 0 Å². The van der Waals surface area contributed by atoms with Crippen LogP contribution in [0.5, 0.6) is 0 Å². The predicted molar refractivity (Wildman–Crippen MR) is 123 cm³/mol. The van der Waals surface area contributed by atoms with Gasteiger partial charge >= 0.3 is 5.97 Å². The van der Waals surface area contributed by atoms with E-state index in [0.717, 1.165) is 17.3 Å². The Morgan fingerprint density at radius 2 is 1.91 bits per heavy atom. The monoisotopic (exact) mass is 475 g/mol. The number of nitrogens with zero attached hydrogens (tertiary/aromatic N) is 2. The molecule has 0 aliphatic heterocycles. The van der Waals surface area contributed by atoms with Gasteiger partial charge in [0.05, 0.1) is 42.5 Å². The minimum atomic E-state index is -0.416. The highest BCUT2D eigenvalue weighted by Crippen LogP contribution is 2.20. The van der Waals surface area contributed by atoms with Crippen LogP contribution in [0.2, 0.25) is 5.02 Å². The molecule has 1 amide bonds. The van der Waals surface area contributed by atoms with Crippen LogP contribution in [0.15, 0.2) is 52.4 Å². The van der Waals surface area contributed by atoms with E-state index in [0.29, 0.717) is 46.3 Å². The first kappa shape index (κ1) is 23.8. The number of nitrogens with one attached hydrogen (secondary N) is 1. The van der Waals surface area contributed by atoms with Gasteiger partial charge in [0.1, 0.15) is 0 Å². The number of thioether (sulfide) groups is 1. The van der Waals surface area contributed by atoms with E-state index in [1.165, 1.54) is 11.7 Å². The number of aromatic nitrogens is 2. The lowest BCUT2D eigenvalue weighted by Crippen LogP contribution is -2.27. The number of fused-ring (bicyclic) bond motifs is 1. The Morgan fingerprint density at radius 1 is 1.16 bits per heavy atom.